The van der Waals surface area contributed by atoms with Crippen molar-refractivity contribution in [1.82, 2.24) is 10.2 Å². The zero-order chi connectivity index (χ0) is 19.1. The fourth-order valence-corrected chi connectivity index (χ4v) is 3.64. The number of esters is 1. The van der Waals surface area contributed by atoms with E-state index in [1.165, 1.54) is 12.5 Å². The van der Waals surface area contributed by atoms with Crippen LogP contribution in [0.4, 0.5) is 5.69 Å². The molecular formula is C20H29N3O4. The van der Waals surface area contributed by atoms with Crippen LogP contribution >= 0.6 is 0 Å². The molecule has 1 fully saturated rings. The Kier molecular flexibility index (Phi) is 7.06. The number of hydrogen-bond acceptors (Lipinski definition) is 6. The lowest BCUT2D eigenvalue weighted by Crippen LogP contribution is -2.52. The minimum Gasteiger partial charge on any atom is -0.494 e. The summed E-state index contributed by atoms with van der Waals surface area (Å²) >= 11 is 0. The molecule has 0 saturated carbocycles. The Bertz CT molecular complexity index is 665. The van der Waals surface area contributed by atoms with Gasteiger partial charge in [-0.05, 0) is 30.9 Å². The second-order valence-corrected chi connectivity index (χ2v) is 7.09. The number of nitrogens with one attached hydrogen (secondary N) is 2. The number of fused-ring (bicyclic) bond motifs is 1. The molecule has 2 N–H and O–H groups in total. The normalized spacial score (nSPS) is 19.9. The topological polar surface area (TPSA) is 79.9 Å². The summed E-state index contributed by atoms with van der Waals surface area (Å²) in [5, 5.41) is 6.34. The number of anilines is 1. The molecule has 7 nitrogen and oxygen atoms in total. The number of nitrogens with zero attached hydrogens (tertiary/aromatic N) is 1. The summed E-state index contributed by atoms with van der Waals surface area (Å²) in [5.41, 5.74) is 2.04. The smallest absolute Gasteiger partial charge is 0.302 e. The molecule has 1 aromatic rings. The molecule has 0 spiro atoms. The van der Waals surface area contributed by atoms with Gasteiger partial charge >= 0.3 is 5.97 Å². The van der Waals surface area contributed by atoms with E-state index in [9.17, 15) is 9.59 Å². The first-order valence-corrected chi connectivity index (χ1v) is 9.75. The maximum atomic E-state index is 11.5. The molecule has 0 aliphatic carbocycles. The molecule has 3 rings (SSSR count). The first kappa shape index (κ1) is 19.6. The summed E-state index contributed by atoms with van der Waals surface area (Å²) in [5.74, 6) is 0.638. The largest absolute Gasteiger partial charge is 0.494 e. The average molecular weight is 375 g/mol. The third kappa shape index (κ3) is 5.94. The molecule has 1 atom stereocenters. The van der Waals surface area contributed by atoms with Crippen LogP contribution in [0.3, 0.4) is 0 Å². The third-order valence-electron chi connectivity index (χ3n) is 5.08. The number of carbonyl (C=O) groups is 2. The molecule has 2 aliphatic heterocycles. The van der Waals surface area contributed by atoms with E-state index in [0.717, 1.165) is 56.9 Å². The average Bonchev–Trinajstić information content (AvgIpc) is 2.65. The number of carbonyl (C=O) groups excluding carboxylic acids is 2. The standard InChI is InChI=1S/C20H29N3O4/c1-15(24)26-12-10-23-9-8-21-14-17(23)3-2-11-27-18-6-4-16-5-7-20(25)22-19(16)13-18/h4,6,13,17,21H,2-3,5,7-12,14H2,1H3,(H,22,25). The van der Waals surface area contributed by atoms with Gasteiger partial charge in [0.1, 0.15) is 12.4 Å². The van der Waals surface area contributed by atoms with Gasteiger partial charge in [-0.15, -0.1) is 0 Å². The van der Waals surface area contributed by atoms with Gasteiger partial charge in [-0.25, -0.2) is 0 Å². The molecule has 0 bridgehead atoms. The molecule has 2 heterocycles. The minimum absolute atomic E-state index is 0.0679. The van der Waals surface area contributed by atoms with Crippen LogP contribution in [0.1, 0.15) is 31.7 Å². The summed E-state index contributed by atoms with van der Waals surface area (Å²) in [7, 11) is 0. The number of amides is 1. The van der Waals surface area contributed by atoms with Gasteiger partial charge in [-0.2, -0.15) is 0 Å². The molecule has 7 heteroatoms. The van der Waals surface area contributed by atoms with Gasteiger partial charge in [-0.1, -0.05) is 6.07 Å². The number of ether oxygens (including phenoxy) is 2. The summed E-state index contributed by atoms with van der Waals surface area (Å²) in [6, 6.07) is 6.36. The van der Waals surface area contributed by atoms with Crippen LogP contribution in [-0.2, 0) is 20.7 Å². The Hall–Kier alpha value is -2.12. The molecule has 2 aliphatic rings. The summed E-state index contributed by atoms with van der Waals surface area (Å²) in [4.78, 5) is 24.8. The van der Waals surface area contributed by atoms with Crippen molar-refractivity contribution in [1.29, 1.82) is 0 Å². The number of aryl methyl sites for hydroxylation is 1. The Morgan fingerprint density at radius 3 is 3.04 bits per heavy atom. The molecule has 1 aromatic carbocycles. The molecular weight excluding hydrogens is 346 g/mol. The van der Waals surface area contributed by atoms with Crippen LogP contribution in [0.5, 0.6) is 5.75 Å². The second-order valence-electron chi connectivity index (χ2n) is 7.09. The summed E-state index contributed by atoms with van der Waals surface area (Å²) < 4.78 is 11.0. The van der Waals surface area contributed by atoms with Crippen molar-refractivity contribution < 1.29 is 19.1 Å². The molecule has 27 heavy (non-hydrogen) atoms. The molecule has 0 radical (unpaired) electrons. The fraction of sp³-hybridized carbons (Fsp3) is 0.600. The van der Waals surface area contributed by atoms with Crippen LogP contribution in [0.25, 0.3) is 0 Å². The number of benzene rings is 1. The lowest BCUT2D eigenvalue weighted by molar-refractivity contribution is -0.141. The monoisotopic (exact) mass is 375 g/mol. The predicted octanol–water partition coefficient (Wildman–Crippen LogP) is 1.57. The van der Waals surface area contributed by atoms with E-state index >= 15 is 0 Å². The predicted molar refractivity (Wildman–Crippen MR) is 103 cm³/mol. The van der Waals surface area contributed by atoms with Crippen molar-refractivity contribution in [2.24, 2.45) is 0 Å². The molecule has 1 saturated heterocycles. The van der Waals surface area contributed by atoms with Crippen molar-refractivity contribution in [2.75, 3.05) is 44.7 Å². The van der Waals surface area contributed by atoms with E-state index in [2.05, 4.69) is 15.5 Å². The van der Waals surface area contributed by atoms with E-state index in [0.29, 0.717) is 25.7 Å². The third-order valence-corrected chi connectivity index (χ3v) is 5.08. The zero-order valence-corrected chi connectivity index (χ0v) is 16.0. The second kappa shape index (κ2) is 9.71. The maximum Gasteiger partial charge on any atom is 0.302 e. The highest BCUT2D eigenvalue weighted by Crippen LogP contribution is 2.27. The Morgan fingerprint density at radius 2 is 2.19 bits per heavy atom. The van der Waals surface area contributed by atoms with E-state index in [4.69, 9.17) is 9.47 Å². The first-order valence-electron chi connectivity index (χ1n) is 9.75. The number of piperazine rings is 1. The van der Waals surface area contributed by atoms with Gasteiger partial charge in [0, 0.05) is 57.3 Å². The van der Waals surface area contributed by atoms with Crippen molar-refractivity contribution in [3.05, 3.63) is 23.8 Å². The quantitative estimate of drug-likeness (QED) is 0.530. The molecule has 1 unspecified atom stereocenters. The molecule has 0 aromatic heterocycles. The molecule has 1 amide bonds. The Morgan fingerprint density at radius 1 is 1.30 bits per heavy atom. The first-order chi connectivity index (χ1) is 13.1. The van der Waals surface area contributed by atoms with E-state index in [1.807, 2.05) is 18.2 Å². The van der Waals surface area contributed by atoms with E-state index in [1.54, 1.807) is 0 Å². The highest BCUT2D eigenvalue weighted by molar-refractivity contribution is 5.94. The van der Waals surface area contributed by atoms with Gasteiger partial charge in [0.2, 0.25) is 5.91 Å². The van der Waals surface area contributed by atoms with Crippen LogP contribution in [0.15, 0.2) is 18.2 Å². The maximum absolute atomic E-state index is 11.5. The van der Waals surface area contributed by atoms with Gasteiger partial charge in [0.15, 0.2) is 0 Å². The van der Waals surface area contributed by atoms with Crippen molar-refractivity contribution in [3.8, 4) is 5.75 Å². The highest BCUT2D eigenvalue weighted by atomic mass is 16.5. The van der Waals surface area contributed by atoms with Gasteiger partial charge in [0.25, 0.3) is 0 Å². The van der Waals surface area contributed by atoms with Crippen LogP contribution < -0.4 is 15.4 Å². The highest BCUT2D eigenvalue weighted by Gasteiger charge is 2.21. The van der Waals surface area contributed by atoms with Gasteiger partial charge in [0.05, 0.1) is 6.61 Å². The Balaban J connectivity index is 1.41. The number of rotatable bonds is 8. The lowest BCUT2D eigenvalue weighted by Gasteiger charge is -2.36. The number of hydrogen-bond donors (Lipinski definition) is 2. The van der Waals surface area contributed by atoms with Gasteiger partial charge < -0.3 is 20.1 Å². The van der Waals surface area contributed by atoms with E-state index < -0.39 is 0 Å². The summed E-state index contributed by atoms with van der Waals surface area (Å²) in [6.07, 6.45) is 3.31. The van der Waals surface area contributed by atoms with Crippen LogP contribution in [0, 0.1) is 0 Å². The van der Waals surface area contributed by atoms with Crippen molar-refractivity contribution in [3.63, 3.8) is 0 Å². The van der Waals surface area contributed by atoms with Crippen LogP contribution in [0.2, 0.25) is 0 Å². The SMILES string of the molecule is CC(=O)OCCN1CCNCC1CCCOc1ccc2c(c1)NC(=O)CC2. The van der Waals surface area contributed by atoms with Crippen molar-refractivity contribution in [2.45, 2.75) is 38.6 Å². The van der Waals surface area contributed by atoms with Crippen LogP contribution in [-0.4, -0.2) is 62.2 Å². The lowest BCUT2D eigenvalue weighted by atomic mass is 10.0. The minimum atomic E-state index is -0.226. The Labute approximate surface area is 160 Å². The zero-order valence-electron chi connectivity index (χ0n) is 16.0. The molecule has 148 valence electrons. The van der Waals surface area contributed by atoms with Gasteiger partial charge in [-0.3, -0.25) is 14.5 Å². The van der Waals surface area contributed by atoms with E-state index in [-0.39, 0.29) is 11.9 Å². The summed E-state index contributed by atoms with van der Waals surface area (Å²) in [6.45, 7) is 6.19. The van der Waals surface area contributed by atoms with Crippen molar-refractivity contribution >= 4 is 17.6 Å². The fourth-order valence-electron chi connectivity index (χ4n) is 3.64.